The maximum atomic E-state index is 6.46. The molecule has 0 bridgehead atoms. The quantitative estimate of drug-likeness (QED) is 0.642. The van der Waals surface area contributed by atoms with E-state index in [9.17, 15) is 0 Å². The van der Waals surface area contributed by atoms with E-state index in [0.717, 1.165) is 44.2 Å². The van der Waals surface area contributed by atoms with Crippen molar-refractivity contribution in [3.05, 3.63) is 72.1 Å². The van der Waals surface area contributed by atoms with Gasteiger partial charge in [-0.15, -0.1) is 0 Å². The molecule has 0 atom stereocenters. The zero-order chi connectivity index (χ0) is 20.9. The monoisotopic (exact) mass is 402 g/mol. The average molecular weight is 403 g/mol. The Morgan fingerprint density at radius 1 is 0.933 bits per heavy atom. The molecule has 2 aromatic carbocycles. The first-order valence-electron chi connectivity index (χ1n) is 10.6. The van der Waals surface area contributed by atoms with Crippen LogP contribution in [0.1, 0.15) is 30.9 Å². The van der Waals surface area contributed by atoms with Gasteiger partial charge in [-0.2, -0.15) is 0 Å². The second kappa shape index (κ2) is 9.13. The highest BCUT2D eigenvalue weighted by molar-refractivity contribution is 5.78. The van der Waals surface area contributed by atoms with Crippen LogP contribution in [0, 0.1) is 0 Å². The minimum atomic E-state index is 0.510. The Hall–Kier alpha value is -3.12. The van der Waals surface area contributed by atoms with E-state index >= 15 is 0 Å². The SMILES string of the molecule is CC(C)c1ccc(Nc2ncnc(N3CCN(Cc4ccccc4)CC3)c2N)cc1. The third kappa shape index (κ3) is 4.71. The van der Waals surface area contributed by atoms with Crippen molar-refractivity contribution in [2.75, 3.05) is 42.1 Å². The van der Waals surface area contributed by atoms with Gasteiger partial charge in [-0.1, -0.05) is 56.3 Å². The van der Waals surface area contributed by atoms with Crippen molar-refractivity contribution in [2.45, 2.75) is 26.3 Å². The van der Waals surface area contributed by atoms with Crippen LogP contribution >= 0.6 is 0 Å². The number of hydrogen-bond donors (Lipinski definition) is 2. The second-order valence-corrected chi connectivity index (χ2v) is 8.11. The predicted molar refractivity (Wildman–Crippen MR) is 124 cm³/mol. The standard InChI is InChI=1S/C24H30N6/c1-18(2)20-8-10-21(11-9-20)28-23-22(25)24(27-17-26-23)30-14-12-29(13-15-30)16-19-6-4-3-5-7-19/h3-11,17-18H,12-16,25H2,1-2H3,(H,26,27,28). The summed E-state index contributed by atoms with van der Waals surface area (Å²) in [6, 6.07) is 19.0. The van der Waals surface area contributed by atoms with Crippen LogP contribution in [-0.4, -0.2) is 41.0 Å². The van der Waals surface area contributed by atoms with E-state index in [-0.39, 0.29) is 0 Å². The van der Waals surface area contributed by atoms with Crippen LogP contribution in [0.15, 0.2) is 60.9 Å². The highest BCUT2D eigenvalue weighted by atomic mass is 15.3. The molecule has 30 heavy (non-hydrogen) atoms. The van der Waals surface area contributed by atoms with Crippen molar-refractivity contribution in [3.63, 3.8) is 0 Å². The van der Waals surface area contributed by atoms with Gasteiger partial charge < -0.3 is 16.0 Å². The van der Waals surface area contributed by atoms with E-state index in [1.165, 1.54) is 11.1 Å². The van der Waals surface area contributed by atoms with Gasteiger partial charge in [0, 0.05) is 38.4 Å². The summed E-state index contributed by atoms with van der Waals surface area (Å²) in [5.74, 6) is 1.98. The lowest BCUT2D eigenvalue weighted by Gasteiger charge is -2.36. The molecule has 3 aromatic rings. The Balaban J connectivity index is 1.40. The maximum Gasteiger partial charge on any atom is 0.159 e. The van der Waals surface area contributed by atoms with Gasteiger partial charge in [-0.25, -0.2) is 9.97 Å². The fourth-order valence-corrected chi connectivity index (χ4v) is 3.79. The van der Waals surface area contributed by atoms with Gasteiger partial charge in [0.25, 0.3) is 0 Å². The number of nitrogens with one attached hydrogen (secondary N) is 1. The molecule has 156 valence electrons. The van der Waals surface area contributed by atoms with Crippen LogP contribution in [0.2, 0.25) is 0 Å². The second-order valence-electron chi connectivity index (χ2n) is 8.11. The van der Waals surface area contributed by atoms with E-state index in [0.29, 0.717) is 17.4 Å². The zero-order valence-electron chi connectivity index (χ0n) is 17.8. The van der Waals surface area contributed by atoms with Crippen LogP contribution in [-0.2, 0) is 6.54 Å². The number of hydrogen-bond acceptors (Lipinski definition) is 6. The Labute approximate surface area is 178 Å². The molecule has 0 saturated carbocycles. The van der Waals surface area contributed by atoms with Crippen molar-refractivity contribution in [3.8, 4) is 0 Å². The Kier molecular flexibility index (Phi) is 6.14. The Morgan fingerprint density at radius 2 is 1.63 bits per heavy atom. The van der Waals surface area contributed by atoms with Gasteiger partial charge in [0.1, 0.15) is 12.0 Å². The summed E-state index contributed by atoms with van der Waals surface area (Å²) >= 11 is 0. The molecule has 3 N–H and O–H groups in total. The summed E-state index contributed by atoms with van der Waals surface area (Å²) in [7, 11) is 0. The van der Waals surface area contributed by atoms with Gasteiger partial charge in [0.2, 0.25) is 0 Å². The maximum absolute atomic E-state index is 6.46. The molecule has 1 aliphatic heterocycles. The number of benzene rings is 2. The molecular weight excluding hydrogens is 372 g/mol. The summed E-state index contributed by atoms with van der Waals surface area (Å²) in [4.78, 5) is 13.6. The van der Waals surface area contributed by atoms with Crippen LogP contribution in [0.3, 0.4) is 0 Å². The molecule has 0 aliphatic carbocycles. The van der Waals surface area contributed by atoms with Crippen LogP contribution < -0.4 is 16.0 Å². The molecule has 1 fully saturated rings. The lowest BCUT2D eigenvalue weighted by Crippen LogP contribution is -2.46. The van der Waals surface area contributed by atoms with Gasteiger partial charge in [0.15, 0.2) is 11.6 Å². The summed E-state index contributed by atoms with van der Waals surface area (Å²) in [5.41, 5.74) is 10.7. The van der Waals surface area contributed by atoms with Crippen molar-refractivity contribution in [1.29, 1.82) is 0 Å². The van der Waals surface area contributed by atoms with E-state index in [2.05, 4.69) is 93.5 Å². The fraction of sp³-hybridized carbons (Fsp3) is 0.333. The first kappa shape index (κ1) is 20.2. The Bertz CT molecular complexity index is 947. The number of rotatable bonds is 6. The summed E-state index contributed by atoms with van der Waals surface area (Å²) < 4.78 is 0. The molecule has 1 saturated heterocycles. The number of nitrogens with two attached hydrogens (primary N) is 1. The molecule has 0 unspecified atom stereocenters. The Morgan fingerprint density at radius 3 is 2.30 bits per heavy atom. The average Bonchev–Trinajstić information content (AvgIpc) is 2.77. The third-order valence-electron chi connectivity index (χ3n) is 5.62. The number of nitrogens with zero attached hydrogens (tertiary/aromatic N) is 4. The number of anilines is 4. The molecule has 0 radical (unpaired) electrons. The molecule has 0 spiro atoms. The molecule has 2 heterocycles. The van der Waals surface area contributed by atoms with Gasteiger partial charge >= 0.3 is 0 Å². The first-order chi connectivity index (χ1) is 14.6. The smallest absolute Gasteiger partial charge is 0.159 e. The van der Waals surface area contributed by atoms with Crippen LogP contribution in [0.5, 0.6) is 0 Å². The molecule has 0 amide bonds. The lowest BCUT2D eigenvalue weighted by molar-refractivity contribution is 0.249. The van der Waals surface area contributed by atoms with Crippen LogP contribution in [0.4, 0.5) is 23.0 Å². The van der Waals surface area contributed by atoms with Crippen molar-refractivity contribution in [2.24, 2.45) is 0 Å². The van der Waals surface area contributed by atoms with Crippen molar-refractivity contribution in [1.82, 2.24) is 14.9 Å². The first-order valence-corrected chi connectivity index (χ1v) is 10.6. The minimum Gasteiger partial charge on any atom is -0.393 e. The number of nitrogen functional groups attached to an aromatic ring is 1. The predicted octanol–water partition coefficient (Wildman–Crippen LogP) is 4.25. The summed E-state index contributed by atoms with van der Waals surface area (Å²) in [5, 5.41) is 3.35. The van der Waals surface area contributed by atoms with Crippen LogP contribution in [0.25, 0.3) is 0 Å². The largest absolute Gasteiger partial charge is 0.393 e. The van der Waals surface area contributed by atoms with E-state index < -0.39 is 0 Å². The van der Waals surface area contributed by atoms with Gasteiger partial charge in [0.05, 0.1) is 0 Å². The third-order valence-corrected chi connectivity index (χ3v) is 5.62. The van der Waals surface area contributed by atoms with E-state index in [1.54, 1.807) is 6.33 Å². The molecule has 6 nitrogen and oxygen atoms in total. The highest BCUT2D eigenvalue weighted by Crippen LogP contribution is 2.29. The van der Waals surface area contributed by atoms with E-state index in [1.807, 2.05) is 0 Å². The minimum absolute atomic E-state index is 0.510. The fourth-order valence-electron chi connectivity index (χ4n) is 3.79. The molecule has 4 rings (SSSR count). The van der Waals surface area contributed by atoms with E-state index in [4.69, 9.17) is 5.73 Å². The summed E-state index contributed by atoms with van der Waals surface area (Å²) in [6.45, 7) is 9.13. The van der Waals surface area contributed by atoms with Gasteiger partial charge in [-0.3, -0.25) is 4.90 Å². The van der Waals surface area contributed by atoms with Gasteiger partial charge in [-0.05, 0) is 29.2 Å². The molecule has 1 aromatic heterocycles. The zero-order valence-corrected chi connectivity index (χ0v) is 17.8. The lowest BCUT2D eigenvalue weighted by atomic mass is 10.0. The molecular formula is C24H30N6. The molecule has 6 heteroatoms. The highest BCUT2D eigenvalue weighted by Gasteiger charge is 2.21. The number of aromatic nitrogens is 2. The normalized spacial score (nSPS) is 14.8. The topological polar surface area (TPSA) is 70.3 Å². The van der Waals surface area contributed by atoms with Crippen molar-refractivity contribution < 1.29 is 0 Å². The van der Waals surface area contributed by atoms with Crippen molar-refractivity contribution >= 4 is 23.0 Å². The summed E-state index contributed by atoms with van der Waals surface area (Å²) in [6.07, 6.45) is 1.59. The number of piperazine rings is 1. The molecule has 1 aliphatic rings.